The van der Waals surface area contributed by atoms with Gasteiger partial charge in [-0.2, -0.15) is 4.98 Å². The van der Waals surface area contributed by atoms with E-state index in [1.54, 1.807) is 26.4 Å². The molecule has 3 aromatic rings. The number of nitrogens with zero attached hydrogens (tertiary/aromatic N) is 2. The molecule has 0 bridgehead atoms. The van der Waals surface area contributed by atoms with Crippen LogP contribution in [0.15, 0.2) is 47.0 Å². The normalized spacial score (nSPS) is 10.5. The van der Waals surface area contributed by atoms with Crippen LogP contribution < -0.4 is 15.2 Å². The topological polar surface area (TPSA) is 83.4 Å². The van der Waals surface area contributed by atoms with Crippen LogP contribution in [0.1, 0.15) is 0 Å². The van der Waals surface area contributed by atoms with Crippen molar-refractivity contribution in [3.05, 3.63) is 42.5 Å². The minimum absolute atomic E-state index is 0.396. The smallest absolute Gasteiger partial charge is 0.258 e. The van der Waals surface area contributed by atoms with Gasteiger partial charge in [0.1, 0.15) is 11.5 Å². The molecule has 112 valence electrons. The maximum Gasteiger partial charge on any atom is 0.258 e. The van der Waals surface area contributed by atoms with E-state index in [4.69, 9.17) is 19.7 Å². The van der Waals surface area contributed by atoms with Crippen molar-refractivity contribution in [3.8, 4) is 34.3 Å². The number of rotatable bonds is 4. The Balaban J connectivity index is 1.94. The van der Waals surface area contributed by atoms with Crippen LogP contribution in [0.5, 0.6) is 11.5 Å². The standard InChI is InChI=1S/C16H15N3O3/c1-20-12-5-3-4-10(8-12)15-18-16(22-19-15)11-6-7-14(21-2)13(17)9-11/h3-9H,17H2,1-2H3. The molecule has 0 radical (unpaired) electrons. The molecule has 1 aromatic heterocycles. The van der Waals surface area contributed by atoms with Crippen LogP contribution in [-0.2, 0) is 0 Å². The first-order valence-corrected chi connectivity index (χ1v) is 6.63. The van der Waals surface area contributed by atoms with E-state index in [1.165, 1.54) is 0 Å². The van der Waals surface area contributed by atoms with Crippen molar-refractivity contribution in [2.24, 2.45) is 0 Å². The largest absolute Gasteiger partial charge is 0.497 e. The van der Waals surface area contributed by atoms with Gasteiger partial charge in [0.2, 0.25) is 5.82 Å². The first-order chi connectivity index (χ1) is 10.7. The van der Waals surface area contributed by atoms with Crippen LogP contribution in [0, 0.1) is 0 Å². The third kappa shape index (κ3) is 2.58. The van der Waals surface area contributed by atoms with Crippen LogP contribution in [0.3, 0.4) is 0 Å². The quantitative estimate of drug-likeness (QED) is 0.745. The lowest BCUT2D eigenvalue weighted by Crippen LogP contribution is -1.92. The third-order valence-corrected chi connectivity index (χ3v) is 3.23. The Morgan fingerprint density at radius 2 is 1.86 bits per heavy atom. The summed E-state index contributed by atoms with van der Waals surface area (Å²) in [5, 5.41) is 4.00. The van der Waals surface area contributed by atoms with Crippen molar-refractivity contribution in [3.63, 3.8) is 0 Å². The first kappa shape index (κ1) is 13.9. The summed E-state index contributed by atoms with van der Waals surface area (Å²) >= 11 is 0. The van der Waals surface area contributed by atoms with Crippen LogP contribution in [0.2, 0.25) is 0 Å². The minimum Gasteiger partial charge on any atom is -0.497 e. The highest BCUT2D eigenvalue weighted by atomic mass is 16.5. The Hall–Kier alpha value is -3.02. The number of anilines is 1. The zero-order chi connectivity index (χ0) is 15.5. The molecule has 0 aliphatic rings. The molecule has 0 unspecified atom stereocenters. The van der Waals surface area contributed by atoms with Gasteiger partial charge in [0.15, 0.2) is 0 Å². The van der Waals surface area contributed by atoms with Crippen molar-refractivity contribution in [2.45, 2.75) is 0 Å². The zero-order valence-corrected chi connectivity index (χ0v) is 12.2. The Morgan fingerprint density at radius 3 is 2.59 bits per heavy atom. The van der Waals surface area contributed by atoms with Gasteiger partial charge < -0.3 is 19.7 Å². The predicted molar refractivity (Wildman–Crippen MR) is 82.7 cm³/mol. The van der Waals surface area contributed by atoms with Gasteiger partial charge in [0.05, 0.1) is 19.9 Å². The Labute approximate surface area is 127 Å². The predicted octanol–water partition coefficient (Wildman–Crippen LogP) is 3.00. The SMILES string of the molecule is COc1cccc(-c2noc(-c3ccc(OC)c(N)c3)n2)c1. The van der Waals surface area contributed by atoms with E-state index < -0.39 is 0 Å². The van der Waals surface area contributed by atoms with Gasteiger partial charge in [0, 0.05) is 11.1 Å². The van der Waals surface area contributed by atoms with Crippen LogP contribution >= 0.6 is 0 Å². The number of nitrogen functional groups attached to an aromatic ring is 1. The monoisotopic (exact) mass is 297 g/mol. The van der Waals surface area contributed by atoms with Gasteiger partial charge in [-0.15, -0.1) is 0 Å². The highest BCUT2D eigenvalue weighted by Crippen LogP contribution is 2.29. The summed E-state index contributed by atoms with van der Waals surface area (Å²) in [5.41, 5.74) is 7.96. The molecule has 0 spiro atoms. The zero-order valence-electron chi connectivity index (χ0n) is 12.2. The van der Waals surface area contributed by atoms with E-state index in [1.807, 2.05) is 30.3 Å². The van der Waals surface area contributed by atoms with E-state index in [0.29, 0.717) is 23.2 Å². The van der Waals surface area contributed by atoms with E-state index in [9.17, 15) is 0 Å². The Bertz CT molecular complexity index is 799. The highest BCUT2D eigenvalue weighted by molar-refractivity contribution is 5.67. The van der Waals surface area contributed by atoms with E-state index in [-0.39, 0.29) is 0 Å². The lowest BCUT2D eigenvalue weighted by atomic mass is 10.2. The molecule has 22 heavy (non-hydrogen) atoms. The number of ether oxygens (including phenoxy) is 2. The van der Waals surface area contributed by atoms with Crippen molar-refractivity contribution in [1.29, 1.82) is 0 Å². The summed E-state index contributed by atoms with van der Waals surface area (Å²) in [7, 11) is 3.18. The summed E-state index contributed by atoms with van der Waals surface area (Å²) in [6.45, 7) is 0. The summed E-state index contributed by atoms with van der Waals surface area (Å²) in [6, 6.07) is 12.8. The summed E-state index contributed by atoms with van der Waals surface area (Å²) in [6.07, 6.45) is 0. The number of hydrogen-bond acceptors (Lipinski definition) is 6. The second-order valence-corrected chi connectivity index (χ2v) is 4.61. The Morgan fingerprint density at radius 1 is 1.00 bits per heavy atom. The summed E-state index contributed by atoms with van der Waals surface area (Å²) in [4.78, 5) is 4.39. The average Bonchev–Trinajstić information content (AvgIpc) is 3.05. The van der Waals surface area contributed by atoms with Crippen molar-refractivity contribution < 1.29 is 14.0 Å². The molecule has 0 aliphatic carbocycles. The lowest BCUT2D eigenvalue weighted by Gasteiger charge is -2.04. The van der Waals surface area contributed by atoms with Gasteiger partial charge in [-0.1, -0.05) is 17.3 Å². The second-order valence-electron chi connectivity index (χ2n) is 4.61. The molecule has 6 heteroatoms. The van der Waals surface area contributed by atoms with Crippen molar-refractivity contribution in [2.75, 3.05) is 20.0 Å². The van der Waals surface area contributed by atoms with Gasteiger partial charge in [-0.3, -0.25) is 0 Å². The lowest BCUT2D eigenvalue weighted by molar-refractivity contribution is 0.414. The number of methoxy groups -OCH3 is 2. The second kappa shape index (κ2) is 5.77. The number of hydrogen-bond donors (Lipinski definition) is 1. The van der Waals surface area contributed by atoms with Gasteiger partial charge in [-0.25, -0.2) is 0 Å². The molecular formula is C16H15N3O3. The van der Waals surface area contributed by atoms with E-state index >= 15 is 0 Å². The Kier molecular flexibility index (Phi) is 3.65. The number of benzene rings is 2. The minimum atomic E-state index is 0.396. The van der Waals surface area contributed by atoms with Gasteiger partial charge >= 0.3 is 0 Å². The molecule has 0 fully saturated rings. The van der Waals surface area contributed by atoms with Gasteiger partial charge in [-0.05, 0) is 30.3 Å². The fourth-order valence-corrected chi connectivity index (χ4v) is 2.09. The van der Waals surface area contributed by atoms with E-state index in [0.717, 1.165) is 16.9 Å². The van der Waals surface area contributed by atoms with Crippen molar-refractivity contribution in [1.82, 2.24) is 10.1 Å². The maximum atomic E-state index is 5.89. The number of aromatic nitrogens is 2. The van der Waals surface area contributed by atoms with Gasteiger partial charge in [0.25, 0.3) is 5.89 Å². The van der Waals surface area contributed by atoms with Crippen LogP contribution in [-0.4, -0.2) is 24.4 Å². The van der Waals surface area contributed by atoms with Crippen LogP contribution in [0.25, 0.3) is 22.8 Å². The number of nitrogens with two attached hydrogens (primary N) is 1. The highest BCUT2D eigenvalue weighted by Gasteiger charge is 2.12. The fourth-order valence-electron chi connectivity index (χ4n) is 2.09. The maximum absolute atomic E-state index is 5.89. The van der Waals surface area contributed by atoms with Crippen LogP contribution in [0.4, 0.5) is 5.69 Å². The molecule has 1 heterocycles. The molecule has 0 atom stereocenters. The summed E-state index contributed by atoms with van der Waals surface area (Å²) < 4.78 is 15.6. The molecule has 6 nitrogen and oxygen atoms in total. The van der Waals surface area contributed by atoms with E-state index in [2.05, 4.69) is 10.1 Å². The van der Waals surface area contributed by atoms with Crippen molar-refractivity contribution >= 4 is 5.69 Å². The molecule has 2 N–H and O–H groups in total. The molecule has 2 aromatic carbocycles. The average molecular weight is 297 g/mol. The molecule has 3 rings (SSSR count). The molecular weight excluding hydrogens is 282 g/mol. The molecule has 0 aliphatic heterocycles. The fraction of sp³-hybridized carbons (Fsp3) is 0.125. The third-order valence-electron chi connectivity index (χ3n) is 3.23. The summed E-state index contributed by atoms with van der Waals surface area (Å²) in [5.74, 6) is 2.23. The molecule has 0 amide bonds. The molecule has 0 saturated heterocycles. The molecule has 0 saturated carbocycles. The first-order valence-electron chi connectivity index (χ1n) is 6.63.